The third-order valence-electron chi connectivity index (χ3n) is 15.4. The van der Waals surface area contributed by atoms with Gasteiger partial charge in [0.25, 0.3) is 0 Å². The Hall–Kier alpha value is -1.92. The second kappa shape index (κ2) is 63.6. The predicted octanol–water partition coefficient (Wildman–Crippen LogP) is 21.1. The summed E-state index contributed by atoms with van der Waals surface area (Å²) in [6.07, 6.45) is 80.6. The van der Waals surface area contributed by atoms with E-state index in [-0.39, 0.29) is 18.5 Å². The highest BCUT2D eigenvalue weighted by Gasteiger charge is 2.18. The van der Waals surface area contributed by atoms with Crippen LogP contribution in [0.4, 0.5) is 0 Å². The molecular weight excluding hydrogens is 911 g/mol. The van der Waals surface area contributed by atoms with Crippen molar-refractivity contribution in [3.05, 3.63) is 36.5 Å². The Morgan fingerprint density at radius 2 is 0.676 bits per heavy atom. The van der Waals surface area contributed by atoms with Crippen molar-refractivity contribution in [3.8, 4) is 0 Å². The highest BCUT2D eigenvalue weighted by Crippen LogP contribution is 2.18. The zero-order valence-corrected chi connectivity index (χ0v) is 49.8. The third kappa shape index (κ3) is 59.3. The number of aliphatic hydroxyl groups excluding tert-OH is 2. The number of nitrogens with one attached hydrogen (secondary N) is 1. The largest absolute Gasteiger partial charge is 0.466 e. The predicted molar refractivity (Wildman–Crippen MR) is 324 cm³/mol. The quantitative estimate of drug-likeness (QED) is 0.0320. The minimum atomic E-state index is -0.857. The second-order valence-corrected chi connectivity index (χ2v) is 22.8. The van der Waals surface area contributed by atoms with Crippen LogP contribution < -0.4 is 5.32 Å². The monoisotopic (exact) mass is 1040 g/mol. The number of hydrogen-bond acceptors (Lipinski definition) is 5. The Morgan fingerprint density at radius 3 is 1.03 bits per heavy atom. The van der Waals surface area contributed by atoms with Crippen LogP contribution in [0.15, 0.2) is 36.5 Å². The fourth-order valence-electron chi connectivity index (χ4n) is 10.3. The van der Waals surface area contributed by atoms with Gasteiger partial charge in [0.2, 0.25) is 5.91 Å². The Bertz CT molecular complexity index is 1200. The van der Waals surface area contributed by atoms with Crippen molar-refractivity contribution in [2.24, 2.45) is 0 Å². The molecule has 0 aromatic rings. The van der Waals surface area contributed by atoms with Gasteiger partial charge in [-0.25, -0.2) is 0 Å². The van der Waals surface area contributed by atoms with Crippen LogP contribution in [0.2, 0.25) is 0 Å². The molecule has 0 rings (SSSR count). The van der Waals surface area contributed by atoms with Gasteiger partial charge in [-0.1, -0.05) is 314 Å². The molecule has 0 aliphatic rings. The molecule has 0 aromatic carbocycles. The number of esters is 1. The summed E-state index contributed by atoms with van der Waals surface area (Å²) in [5.74, 6) is -0.0924. The van der Waals surface area contributed by atoms with Crippen LogP contribution >= 0.6 is 0 Å². The fraction of sp³-hybridized carbons (Fsp3) is 0.882. The second-order valence-electron chi connectivity index (χ2n) is 22.8. The van der Waals surface area contributed by atoms with Crippen molar-refractivity contribution in [1.29, 1.82) is 0 Å². The van der Waals surface area contributed by atoms with E-state index in [0.29, 0.717) is 19.4 Å². The molecule has 0 radical (unpaired) electrons. The maximum Gasteiger partial charge on any atom is 0.305 e. The van der Waals surface area contributed by atoms with Gasteiger partial charge in [-0.15, -0.1) is 0 Å². The van der Waals surface area contributed by atoms with Crippen molar-refractivity contribution in [2.45, 2.75) is 373 Å². The molecule has 0 aromatic heterocycles. The molecule has 6 heteroatoms. The first-order chi connectivity index (χ1) is 36.5. The van der Waals surface area contributed by atoms with Crippen molar-refractivity contribution >= 4 is 11.9 Å². The van der Waals surface area contributed by atoms with Crippen LogP contribution in [0.25, 0.3) is 0 Å². The van der Waals surface area contributed by atoms with Crippen LogP contribution in [0.5, 0.6) is 0 Å². The molecule has 0 fully saturated rings. The summed E-state index contributed by atoms with van der Waals surface area (Å²) in [7, 11) is 0. The van der Waals surface area contributed by atoms with E-state index >= 15 is 0 Å². The number of amides is 1. The van der Waals surface area contributed by atoms with Crippen LogP contribution in [0.1, 0.15) is 361 Å². The molecule has 436 valence electrons. The zero-order valence-electron chi connectivity index (χ0n) is 49.8. The Kier molecular flexibility index (Phi) is 62.0. The number of carbonyl (C=O) groups is 2. The first-order valence-electron chi connectivity index (χ1n) is 33.3. The van der Waals surface area contributed by atoms with Crippen LogP contribution in [-0.2, 0) is 14.3 Å². The molecule has 6 nitrogen and oxygen atoms in total. The van der Waals surface area contributed by atoms with Gasteiger partial charge >= 0.3 is 5.97 Å². The van der Waals surface area contributed by atoms with Gasteiger partial charge in [0, 0.05) is 12.8 Å². The summed E-state index contributed by atoms with van der Waals surface area (Å²) < 4.78 is 5.48. The lowest BCUT2D eigenvalue weighted by Crippen LogP contribution is -2.45. The summed E-state index contributed by atoms with van der Waals surface area (Å²) in [5.41, 5.74) is 0. The van der Waals surface area contributed by atoms with Gasteiger partial charge in [-0.3, -0.25) is 9.59 Å². The zero-order chi connectivity index (χ0) is 53.6. The maximum absolute atomic E-state index is 12.5. The van der Waals surface area contributed by atoms with E-state index < -0.39 is 12.1 Å². The molecule has 2 atom stereocenters. The van der Waals surface area contributed by atoms with Gasteiger partial charge in [0.1, 0.15) is 0 Å². The summed E-state index contributed by atoms with van der Waals surface area (Å²) >= 11 is 0. The van der Waals surface area contributed by atoms with Crippen LogP contribution in [0.3, 0.4) is 0 Å². The third-order valence-corrected chi connectivity index (χ3v) is 15.4. The number of hydrogen-bond donors (Lipinski definition) is 3. The molecule has 0 aliphatic carbocycles. The lowest BCUT2D eigenvalue weighted by Gasteiger charge is -2.20. The SMILES string of the molecule is CCCCCCCCCCCCCCCCCCCCCC/C=C/C(O)C(CO)NC(=O)CCCCCCCCC/C=C\C/C=C\CCCCCOC(=O)CCCCCCCCCCCCCCCCCCCC. The smallest absolute Gasteiger partial charge is 0.305 e. The molecule has 2 unspecified atom stereocenters. The minimum absolute atomic E-state index is 0.0115. The number of ether oxygens (including phenoxy) is 1. The summed E-state index contributed by atoms with van der Waals surface area (Å²) in [6.45, 7) is 4.89. The molecule has 74 heavy (non-hydrogen) atoms. The Labute approximate surface area is 462 Å². The Balaban J connectivity index is 3.50. The lowest BCUT2D eigenvalue weighted by atomic mass is 10.0. The Morgan fingerprint density at radius 1 is 0.378 bits per heavy atom. The van der Waals surface area contributed by atoms with Crippen LogP contribution in [0, 0.1) is 0 Å². The van der Waals surface area contributed by atoms with E-state index in [2.05, 4.69) is 43.5 Å². The molecule has 0 spiro atoms. The van der Waals surface area contributed by atoms with Gasteiger partial charge in [-0.05, 0) is 70.6 Å². The van der Waals surface area contributed by atoms with Gasteiger partial charge in [0.15, 0.2) is 0 Å². The average molecular weight is 1040 g/mol. The molecule has 0 heterocycles. The highest BCUT2D eigenvalue weighted by molar-refractivity contribution is 5.76. The highest BCUT2D eigenvalue weighted by atomic mass is 16.5. The van der Waals surface area contributed by atoms with Gasteiger partial charge < -0.3 is 20.3 Å². The topological polar surface area (TPSA) is 95.9 Å². The first kappa shape index (κ1) is 72.1. The summed E-state index contributed by atoms with van der Waals surface area (Å²) in [6, 6.07) is -0.641. The van der Waals surface area contributed by atoms with E-state index in [1.165, 1.54) is 250 Å². The summed E-state index contributed by atoms with van der Waals surface area (Å²) in [4.78, 5) is 24.6. The number of allylic oxidation sites excluding steroid dienone is 5. The van der Waals surface area contributed by atoms with Crippen molar-refractivity contribution in [3.63, 3.8) is 0 Å². The molecule has 0 aliphatic heterocycles. The van der Waals surface area contributed by atoms with Crippen LogP contribution in [-0.4, -0.2) is 47.4 Å². The van der Waals surface area contributed by atoms with E-state index in [1.807, 2.05) is 6.08 Å². The van der Waals surface area contributed by atoms with Crippen molar-refractivity contribution in [1.82, 2.24) is 5.32 Å². The standard InChI is InChI=1S/C68H129NO5/c1-3-5-7-9-11-13-15-17-19-21-23-24-25-26-28-32-36-40-44-48-52-56-60-66(71)65(64-70)69-67(72)61-57-53-49-45-41-37-33-29-27-31-35-39-43-47-51-55-59-63-74-68(73)62-58-54-50-46-42-38-34-30-22-20-18-16-14-12-10-8-6-4-2/h27,31,39,43,56,60,65-66,70-71H,3-26,28-30,32-38,40-42,44-55,57-59,61-64H2,1-2H3,(H,69,72)/b31-27-,43-39-,60-56+. The molecule has 3 N–H and O–H groups in total. The molecule has 1 amide bonds. The van der Waals surface area contributed by atoms with Gasteiger partial charge in [0.05, 0.1) is 25.4 Å². The number of carbonyl (C=O) groups excluding carboxylic acids is 2. The van der Waals surface area contributed by atoms with E-state index in [0.717, 1.165) is 83.5 Å². The van der Waals surface area contributed by atoms with E-state index in [1.54, 1.807) is 6.08 Å². The average Bonchev–Trinajstić information content (AvgIpc) is 3.40. The fourth-order valence-corrected chi connectivity index (χ4v) is 10.3. The minimum Gasteiger partial charge on any atom is -0.466 e. The van der Waals surface area contributed by atoms with E-state index in [4.69, 9.17) is 4.74 Å². The maximum atomic E-state index is 12.5. The molecule has 0 saturated heterocycles. The number of aliphatic hydroxyl groups is 2. The van der Waals surface area contributed by atoms with Gasteiger partial charge in [-0.2, -0.15) is 0 Å². The first-order valence-corrected chi connectivity index (χ1v) is 33.3. The molecule has 0 saturated carbocycles. The molecular formula is C68H129NO5. The lowest BCUT2D eigenvalue weighted by molar-refractivity contribution is -0.143. The molecule has 0 bridgehead atoms. The normalized spacial score (nSPS) is 12.8. The van der Waals surface area contributed by atoms with Crippen molar-refractivity contribution in [2.75, 3.05) is 13.2 Å². The van der Waals surface area contributed by atoms with Crippen molar-refractivity contribution < 1.29 is 24.5 Å². The van der Waals surface area contributed by atoms with E-state index in [9.17, 15) is 19.8 Å². The number of unbranched alkanes of at least 4 members (excludes halogenated alkanes) is 47. The number of rotatable bonds is 62. The summed E-state index contributed by atoms with van der Waals surface area (Å²) in [5, 5.41) is 23.2.